The molecule has 0 unspecified atom stereocenters. The Labute approximate surface area is 174 Å². The molecule has 0 saturated carbocycles. The van der Waals surface area contributed by atoms with Crippen LogP contribution in [0.2, 0.25) is 0 Å². The van der Waals surface area contributed by atoms with Gasteiger partial charge in [0.25, 0.3) is 0 Å². The number of para-hydroxylation sites is 1. The zero-order chi connectivity index (χ0) is 20.4. The number of hydrogen-bond acceptors (Lipinski definition) is 3. The molecular weight excluding hydrogens is 381 g/mol. The number of thioether (sulfide) groups is 1. The second-order valence-corrected chi connectivity index (χ2v) is 8.10. The molecule has 0 spiro atoms. The van der Waals surface area contributed by atoms with E-state index in [1.807, 2.05) is 12.1 Å². The van der Waals surface area contributed by atoms with Crippen molar-refractivity contribution in [1.29, 1.82) is 0 Å². The molecule has 5 heteroatoms. The van der Waals surface area contributed by atoms with Crippen molar-refractivity contribution >= 4 is 11.8 Å². The molecule has 0 amide bonds. The van der Waals surface area contributed by atoms with Crippen molar-refractivity contribution in [2.75, 3.05) is 0 Å². The van der Waals surface area contributed by atoms with Gasteiger partial charge in [-0.15, -0.1) is 10.2 Å². The molecule has 0 fully saturated rings. The lowest BCUT2D eigenvalue weighted by Gasteiger charge is -2.13. The minimum atomic E-state index is -0.264. The van der Waals surface area contributed by atoms with E-state index in [0.717, 1.165) is 27.7 Å². The van der Waals surface area contributed by atoms with Crippen LogP contribution in [0.5, 0.6) is 0 Å². The van der Waals surface area contributed by atoms with Gasteiger partial charge in [0.1, 0.15) is 5.82 Å². The summed E-state index contributed by atoms with van der Waals surface area (Å²) in [6, 6.07) is 21.1. The molecule has 1 aromatic heterocycles. The summed E-state index contributed by atoms with van der Waals surface area (Å²) in [5, 5.41) is 9.76. The normalized spacial score (nSPS) is 11.0. The van der Waals surface area contributed by atoms with Crippen molar-refractivity contribution in [3.05, 3.63) is 94.8 Å². The molecule has 4 aromatic rings. The van der Waals surface area contributed by atoms with E-state index in [9.17, 15) is 4.39 Å². The summed E-state index contributed by atoms with van der Waals surface area (Å²) >= 11 is 1.66. The standard InChI is InChI=1S/C24H22FN3S/c1-16-8-9-17(2)20(14-16)15-29-24-27-26-23(19-10-12-21(25)13-11-19)28(24)22-7-5-4-6-18(22)3/h4-14H,15H2,1-3H3. The van der Waals surface area contributed by atoms with Crippen LogP contribution in [-0.4, -0.2) is 14.8 Å². The fraction of sp³-hybridized carbons (Fsp3) is 0.167. The van der Waals surface area contributed by atoms with Crippen LogP contribution in [0.1, 0.15) is 22.3 Å². The van der Waals surface area contributed by atoms with E-state index in [1.165, 1.54) is 28.8 Å². The Balaban J connectivity index is 1.77. The summed E-state index contributed by atoms with van der Waals surface area (Å²) in [6.07, 6.45) is 0. The molecule has 29 heavy (non-hydrogen) atoms. The molecule has 0 saturated heterocycles. The number of nitrogens with zero attached hydrogens (tertiary/aromatic N) is 3. The lowest BCUT2D eigenvalue weighted by molar-refractivity contribution is 0.628. The summed E-state index contributed by atoms with van der Waals surface area (Å²) < 4.78 is 15.5. The first-order valence-electron chi connectivity index (χ1n) is 9.49. The number of aromatic nitrogens is 3. The summed E-state index contributed by atoms with van der Waals surface area (Å²) in [7, 11) is 0. The third-order valence-electron chi connectivity index (χ3n) is 4.95. The van der Waals surface area contributed by atoms with Crippen LogP contribution in [-0.2, 0) is 5.75 Å². The number of benzene rings is 3. The van der Waals surface area contributed by atoms with Crippen molar-refractivity contribution < 1.29 is 4.39 Å². The van der Waals surface area contributed by atoms with E-state index < -0.39 is 0 Å². The first-order valence-corrected chi connectivity index (χ1v) is 10.5. The number of hydrogen-bond donors (Lipinski definition) is 0. The highest BCUT2D eigenvalue weighted by Gasteiger charge is 2.18. The molecule has 0 N–H and O–H groups in total. The Morgan fingerprint density at radius 2 is 1.62 bits per heavy atom. The van der Waals surface area contributed by atoms with Crippen LogP contribution in [0.4, 0.5) is 4.39 Å². The molecule has 0 aliphatic rings. The Kier molecular flexibility index (Phi) is 5.49. The number of rotatable bonds is 5. The van der Waals surface area contributed by atoms with Crippen LogP contribution < -0.4 is 0 Å². The van der Waals surface area contributed by atoms with Crippen LogP contribution >= 0.6 is 11.8 Å². The van der Waals surface area contributed by atoms with E-state index in [1.54, 1.807) is 23.9 Å². The van der Waals surface area contributed by atoms with Gasteiger partial charge < -0.3 is 0 Å². The van der Waals surface area contributed by atoms with Crippen LogP contribution in [0.25, 0.3) is 17.1 Å². The van der Waals surface area contributed by atoms with Gasteiger partial charge in [0, 0.05) is 11.3 Å². The Hall–Kier alpha value is -2.92. The smallest absolute Gasteiger partial charge is 0.196 e. The highest BCUT2D eigenvalue weighted by atomic mass is 32.2. The van der Waals surface area contributed by atoms with Crippen molar-refractivity contribution in [3.8, 4) is 17.1 Å². The van der Waals surface area contributed by atoms with E-state index in [0.29, 0.717) is 5.82 Å². The average Bonchev–Trinajstić information content (AvgIpc) is 3.13. The molecule has 0 radical (unpaired) electrons. The van der Waals surface area contributed by atoms with Gasteiger partial charge in [0.15, 0.2) is 11.0 Å². The fourth-order valence-corrected chi connectivity index (χ4v) is 4.29. The second-order valence-electron chi connectivity index (χ2n) is 7.15. The molecule has 1 heterocycles. The Bertz CT molecular complexity index is 1150. The van der Waals surface area contributed by atoms with Crippen molar-refractivity contribution in [2.24, 2.45) is 0 Å². The molecular formula is C24H22FN3S. The van der Waals surface area contributed by atoms with Gasteiger partial charge >= 0.3 is 0 Å². The minimum absolute atomic E-state index is 0.264. The summed E-state index contributed by atoms with van der Waals surface area (Å²) in [5.74, 6) is 1.25. The maximum Gasteiger partial charge on any atom is 0.196 e. The van der Waals surface area contributed by atoms with Crippen LogP contribution in [0, 0.1) is 26.6 Å². The van der Waals surface area contributed by atoms with E-state index >= 15 is 0 Å². The lowest BCUT2D eigenvalue weighted by atomic mass is 10.1. The minimum Gasteiger partial charge on any atom is -0.270 e. The van der Waals surface area contributed by atoms with E-state index in [4.69, 9.17) is 0 Å². The van der Waals surface area contributed by atoms with E-state index in [-0.39, 0.29) is 5.82 Å². The largest absolute Gasteiger partial charge is 0.270 e. The quantitative estimate of drug-likeness (QED) is 0.367. The van der Waals surface area contributed by atoms with Gasteiger partial charge in [-0.1, -0.05) is 53.7 Å². The first kappa shape index (κ1) is 19.4. The highest BCUT2D eigenvalue weighted by molar-refractivity contribution is 7.98. The van der Waals surface area contributed by atoms with Crippen molar-refractivity contribution in [2.45, 2.75) is 31.7 Å². The second kappa shape index (κ2) is 8.21. The van der Waals surface area contributed by atoms with Gasteiger partial charge in [0.05, 0.1) is 5.69 Å². The zero-order valence-electron chi connectivity index (χ0n) is 16.7. The predicted molar refractivity (Wildman–Crippen MR) is 117 cm³/mol. The topological polar surface area (TPSA) is 30.7 Å². The average molecular weight is 404 g/mol. The number of aryl methyl sites for hydroxylation is 3. The maximum atomic E-state index is 13.4. The van der Waals surface area contributed by atoms with Crippen LogP contribution in [0.15, 0.2) is 71.9 Å². The lowest BCUT2D eigenvalue weighted by Crippen LogP contribution is -2.02. The molecule has 0 aliphatic heterocycles. The first-order chi connectivity index (χ1) is 14.0. The summed E-state index contributed by atoms with van der Waals surface area (Å²) in [6.45, 7) is 6.31. The van der Waals surface area contributed by atoms with Gasteiger partial charge in [-0.25, -0.2) is 4.39 Å². The zero-order valence-corrected chi connectivity index (χ0v) is 17.5. The monoisotopic (exact) mass is 403 g/mol. The predicted octanol–water partition coefficient (Wildman–Crippen LogP) is 6.29. The Morgan fingerprint density at radius 1 is 0.862 bits per heavy atom. The molecule has 0 aliphatic carbocycles. The molecule has 0 bridgehead atoms. The third-order valence-corrected chi connectivity index (χ3v) is 5.93. The van der Waals surface area contributed by atoms with E-state index in [2.05, 4.69) is 65.9 Å². The molecule has 4 rings (SSSR count). The van der Waals surface area contributed by atoms with Crippen molar-refractivity contribution in [3.63, 3.8) is 0 Å². The van der Waals surface area contributed by atoms with Gasteiger partial charge in [-0.05, 0) is 67.8 Å². The third kappa shape index (κ3) is 4.10. The van der Waals surface area contributed by atoms with Crippen LogP contribution in [0.3, 0.4) is 0 Å². The number of halogens is 1. The van der Waals surface area contributed by atoms with Crippen molar-refractivity contribution in [1.82, 2.24) is 14.8 Å². The molecule has 3 aromatic carbocycles. The molecule has 3 nitrogen and oxygen atoms in total. The van der Waals surface area contributed by atoms with Gasteiger partial charge in [-0.3, -0.25) is 4.57 Å². The fourth-order valence-electron chi connectivity index (χ4n) is 3.28. The molecule has 0 atom stereocenters. The Morgan fingerprint density at radius 3 is 2.38 bits per heavy atom. The SMILES string of the molecule is Cc1ccc(C)c(CSc2nnc(-c3ccc(F)cc3)n2-c2ccccc2C)c1. The van der Waals surface area contributed by atoms with Gasteiger partial charge in [0.2, 0.25) is 0 Å². The maximum absolute atomic E-state index is 13.4. The molecule has 146 valence electrons. The summed E-state index contributed by atoms with van der Waals surface area (Å²) in [4.78, 5) is 0. The van der Waals surface area contributed by atoms with Gasteiger partial charge in [-0.2, -0.15) is 0 Å². The highest BCUT2D eigenvalue weighted by Crippen LogP contribution is 2.31. The summed E-state index contributed by atoms with van der Waals surface area (Å²) in [5.41, 5.74) is 6.80.